The van der Waals surface area contributed by atoms with Crippen molar-refractivity contribution in [3.05, 3.63) is 65.5 Å². The van der Waals surface area contributed by atoms with Gasteiger partial charge in [-0.1, -0.05) is 36.4 Å². The molecule has 2 aromatic rings. The van der Waals surface area contributed by atoms with E-state index >= 15 is 0 Å². The summed E-state index contributed by atoms with van der Waals surface area (Å²) in [4.78, 5) is 18.9. The van der Waals surface area contributed by atoms with Crippen LogP contribution in [0.4, 0.5) is 0 Å². The smallest absolute Gasteiger partial charge is 0.272 e. The maximum absolute atomic E-state index is 12.7. The highest BCUT2D eigenvalue weighted by Gasteiger charge is 2.31. The second-order valence-electron chi connectivity index (χ2n) is 6.12. The number of amides is 1. The minimum atomic E-state index is -0.542. The van der Waals surface area contributed by atoms with Crippen LogP contribution in [0, 0.1) is 6.92 Å². The summed E-state index contributed by atoms with van der Waals surface area (Å²) in [6, 6.07) is 15.2. The largest absolute Gasteiger partial charge is 0.388 e. The molecule has 3 rings (SSSR count). The lowest BCUT2D eigenvalue weighted by Crippen LogP contribution is -2.37. The van der Waals surface area contributed by atoms with Crippen LogP contribution in [0.3, 0.4) is 0 Å². The number of nitrogens with zero attached hydrogens (tertiary/aromatic N) is 2. The zero-order valence-electron chi connectivity index (χ0n) is 13.4. The fourth-order valence-corrected chi connectivity index (χ4v) is 3.23. The van der Waals surface area contributed by atoms with Gasteiger partial charge < -0.3 is 10.0 Å². The molecule has 1 aliphatic rings. The first-order valence-electron chi connectivity index (χ1n) is 8.13. The number of likely N-dealkylation sites (tertiary alicyclic amines) is 1. The highest BCUT2D eigenvalue weighted by molar-refractivity contribution is 5.92. The number of carbonyl (C=O) groups is 1. The highest BCUT2D eigenvalue weighted by Crippen LogP contribution is 2.28. The molecule has 1 amide bonds. The Hall–Kier alpha value is -2.20. The fourth-order valence-electron chi connectivity index (χ4n) is 3.23. The molecule has 0 unspecified atom stereocenters. The van der Waals surface area contributed by atoms with Gasteiger partial charge >= 0.3 is 0 Å². The molecule has 1 N–H and O–H groups in total. The van der Waals surface area contributed by atoms with Gasteiger partial charge in [0.15, 0.2) is 0 Å². The van der Waals surface area contributed by atoms with E-state index in [1.54, 1.807) is 6.07 Å². The average molecular weight is 310 g/mol. The average Bonchev–Trinajstić information content (AvgIpc) is 3.03. The molecule has 0 aliphatic carbocycles. The summed E-state index contributed by atoms with van der Waals surface area (Å²) in [5.41, 5.74) is 2.24. The standard InChI is InChI=1S/C19H22N2O2/c1-14-7-5-11-17(20-14)19(23)21-12-6-10-16(21)13-18(22)15-8-3-2-4-9-15/h2-5,7-9,11,16,18,22H,6,10,12-13H2,1H3/t16-,18+/m1/s1. The molecular weight excluding hydrogens is 288 g/mol. The SMILES string of the molecule is Cc1cccc(C(=O)N2CCC[C@@H]2C[C@H](O)c2ccccc2)n1. The van der Waals surface area contributed by atoms with Crippen molar-refractivity contribution in [3.8, 4) is 0 Å². The van der Waals surface area contributed by atoms with Gasteiger partial charge in [0.1, 0.15) is 5.69 Å². The predicted octanol–water partition coefficient (Wildman–Crippen LogP) is 3.12. The molecule has 23 heavy (non-hydrogen) atoms. The van der Waals surface area contributed by atoms with Crippen molar-refractivity contribution in [1.29, 1.82) is 0 Å². The first-order chi connectivity index (χ1) is 11.1. The molecule has 1 saturated heterocycles. The van der Waals surface area contributed by atoms with Crippen LogP contribution < -0.4 is 0 Å². The van der Waals surface area contributed by atoms with Crippen molar-refractivity contribution in [2.24, 2.45) is 0 Å². The van der Waals surface area contributed by atoms with Crippen LogP contribution in [0.2, 0.25) is 0 Å². The van der Waals surface area contributed by atoms with Gasteiger partial charge in [-0.3, -0.25) is 4.79 Å². The van der Waals surface area contributed by atoms with E-state index in [1.165, 1.54) is 0 Å². The number of hydrogen-bond donors (Lipinski definition) is 1. The third-order valence-electron chi connectivity index (χ3n) is 4.43. The first kappa shape index (κ1) is 15.7. The van der Waals surface area contributed by atoms with Crippen molar-refractivity contribution in [3.63, 3.8) is 0 Å². The highest BCUT2D eigenvalue weighted by atomic mass is 16.3. The monoisotopic (exact) mass is 310 g/mol. The topological polar surface area (TPSA) is 53.4 Å². The van der Waals surface area contributed by atoms with E-state index in [0.717, 1.165) is 30.6 Å². The Balaban J connectivity index is 1.71. The molecule has 4 heteroatoms. The van der Waals surface area contributed by atoms with E-state index in [9.17, 15) is 9.90 Å². The number of pyridine rings is 1. The quantitative estimate of drug-likeness (QED) is 0.944. The molecule has 1 aromatic carbocycles. The number of aryl methyl sites for hydroxylation is 1. The number of aromatic nitrogens is 1. The molecule has 2 heterocycles. The van der Waals surface area contributed by atoms with E-state index in [1.807, 2.05) is 54.3 Å². The molecule has 0 saturated carbocycles. The molecule has 0 radical (unpaired) electrons. The van der Waals surface area contributed by atoms with E-state index in [2.05, 4.69) is 4.98 Å². The fraction of sp³-hybridized carbons (Fsp3) is 0.368. The van der Waals surface area contributed by atoms with Crippen molar-refractivity contribution < 1.29 is 9.90 Å². The second kappa shape index (κ2) is 6.92. The number of aliphatic hydroxyl groups excluding tert-OH is 1. The number of hydrogen-bond acceptors (Lipinski definition) is 3. The van der Waals surface area contributed by atoms with Crippen LogP contribution in [0.15, 0.2) is 48.5 Å². The van der Waals surface area contributed by atoms with E-state index in [0.29, 0.717) is 12.1 Å². The summed E-state index contributed by atoms with van der Waals surface area (Å²) in [6.45, 7) is 2.62. The first-order valence-corrected chi connectivity index (χ1v) is 8.13. The lowest BCUT2D eigenvalue weighted by Gasteiger charge is -2.26. The molecule has 0 spiro atoms. The van der Waals surface area contributed by atoms with Crippen LogP contribution in [-0.4, -0.2) is 33.5 Å². The molecule has 0 bridgehead atoms. The summed E-state index contributed by atoms with van der Waals surface area (Å²) in [7, 11) is 0. The minimum Gasteiger partial charge on any atom is -0.388 e. The van der Waals surface area contributed by atoms with Crippen molar-refractivity contribution in [2.45, 2.75) is 38.3 Å². The Morgan fingerprint density at radius 1 is 1.26 bits per heavy atom. The molecule has 1 fully saturated rings. The Kier molecular flexibility index (Phi) is 4.72. The van der Waals surface area contributed by atoms with Crippen LogP contribution in [0.1, 0.15) is 47.1 Å². The summed E-state index contributed by atoms with van der Waals surface area (Å²) in [5, 5.41) is 10.4. The third-order valence-corrected chi connectivity index (χ3v) is 4.43. The lowest BCUT2D eigenvalue weighted by molar-refractivity contribution is 0.0661. The maximum Gasteiger partial charge on any atom is 0.272 e. The van der Waals surface area contributed by atoms with Gasteiger partial charge in [-0.2, -0.15) is 0 Å². The van der Waals surface area contributed by atoms with Gasteiger partial charge in [0, 0.05) is 18.3 Å². The van der Waals surface area contributed by atoms with Gasteiger partial charge in [-0.25, -0.2) is 4.98 Å². The number of benzene rings is 1. The van der Waals surface area contributed by atoms with E-state index < -0.39 is 6.10 Å². The summed E-state index contributed by atoms with van der Waals surface area (Å²) < 4.78 is 0. The second-order valence-corrected chi connectivity index (χ2v) is 6.12. The normalized spacial score (nSPS) is 18.9. The van der Waals surface area contributed by atoms with Crippen molar-refractivity contribution in [2.75, 3.05) is 6.54 Å². The molecule has 4 nitrogen and oxygen atoms in total. The molecule has 120 valence electrons. The lowest BCUT2D eigenvalue weighted by atomic mass is 10.0. The van der Waals surface area contributed by atoms with Crippen LogP contribution in [0.25, 0.3) is 0 Å². The predicted molar refractivity (Wildman–Crippen MR) is 89.1 cm³/mol. The zero-order valence-corrected chi connectivity index (χ0v) is 13.4. The van der Waals surface area contributed by atoms with E-state index in [4.69, 9.17) is 0 Å². The van der Waals surface area contributed by atoms with Gasteiger partial charge in [-0.05, 0) is 43.9 Å². The van der Waals surface area contributed by atoms with Crippen LogP contribution in [-0.2, 0) is 0 Å². The Morgan fingerprint density at radius 3 is 2.78 bits per heavy atom. The Bertz CT molecular complexity index is 672. The molecule has 1 aliphatic heterocycles. The van der Waals surface area contributed by atoms with Gasteiger partial charge in [-0.15, -0.1) is 0 Å². The summed E-state index contributed by atoms with van der Waals surface area (Å²) in [6.07, 6.45) is 1.94. The minimum absolute atomic E-state index is 0.0311. The zero-order chi connectivity index (χ0) is 16.2. The molecule has 1 aromatic heterocycles. The van der Waals surface area contributed by atoms with Crippen LogP contribution in [0.5, 0.6) is 0 Å². The Morgan fingerprint density at radius 2 is 2.04 bits per heavy atom. The summed E-state index contributed by atoms with van der Waals surface area (Å²) in [5.74, 6) is -0.0311. The van der Waals surface area contributed by atoms with Crippen molar-refractivity contribution >= 4 is 5.91 Å². The summed E-state index contributed by atoms with van der Waals surface area (Å²) >= 11 is 0. The molecular formula is C19H22N2O2. The third kappa shape index (κ3) is 3.59. The van der Waals surface area contributed by atoms with E-state index in [-0.39, 0.29) is 11.9 Å². The van der Waals surface area contributed by atoms with Gasteiger partial charge in [0.25, 0.3) is 5.91 Å². The van der Waals surface area contributed by atoms with Crippen LogP contribution >= 0.6 is 0 Å². The maximum atomic E-state index is 12.7. The Labute approximate surface area is 136 Å². The number of rotatable bonds is 4. The van der Waals surface area contributed by atoms with Crippen molar-refractivity contribution in [1.82, 2.24) is 9.88 Å². The van der Waals surface area contributed by atoms with Gasteiger partial charge in [0.05, 0.1) is 6.10 Å². The van der Waals surface area contributed by atoms with Gasteiger partial charge in [0.2, 0.25) is 0 Å². The number of aliphatic hydroxyl groups is 1. The number of carbonyl (C=O) groups excluding carboxylic acids is 1. The molecule has 2 atom stereocenters.